The van der Waals surface area contributed by atoms with Crippen LogP contribution in [0.2, 0.25) is 0 Å². The SMILES string of the molecule is C[C@@H](NC(=O)OCc1ccccc1)c1cn2ccsc2n1. The summed E-state index contributed by atoms with van der Waals surface area (Å²) in [4.78, 5) is 17.2. The molecule has 3 aromatic rings. The minimum absolute atomic E-state index is 0.194. The van der Waals surface area contributed by atoms with Crippen LogP contribution in [-0.4, -0.2) is 15.5 Å². The van der Waals surface area contributed by atoms with E-state index in [-0.39, 0.29) is 12.6 Å². The van der Waals surface area contributed by atoms with Crippen LogP contribution in [0.5, 0.6) is 0 Å². The van der Waals surface area contributed by atoms with Gasteiger partial charge < -0.3 is 10.1 Å². The molecule has 6 heteroatoms. The molecule has 1 N–H and O–H groups in total. The van der Waals surface area contributed by atoms with Crippen molar-refractivity contribution >= 4 is 22.4 Å². The molecule has 2 aromatic heterocycles. The number of fused-ring (bicyclic) bond motifs is 1. The van der Waals surface area contributed by atoms with Gasteiger partial charge in [-0.3, -0.25) is 4.40 Å². The van der Waals surface area contributed by atoms with Crippen LogP contribution in [0, 0.1) is 0 Å². The third-order valence-electron chi connectivity index (χ3n) is 3.10. The minimum atomic E-state index is -0.442. The second kappa shape index (κ2) is 5.97. The second-order valence-corrected chi connectivity index (χ2v) is 5.56. The number of alkyl carbamates (subject to hydrolysis) is 1. The van der Waals surface area contributed by atoms with Crippen molar-refractivity contribution in [2.24, 2.45) is 0 Å². The molecule has 1 amide bonds. The molecule has 21 heavy (non-hydrogen) atoms. The van der Waals surface area contributed by atoms with Crippen molar-refractivity contribution in [1.29, 1.82) is 0 Å². The molecule has 0 saturated carbocycles. The zero-order chi connectivity index (χ0) is 14.7. The van der Waals surface area contributed by atoms with Crippen LogP contribution >= 0.6 is 11.3 Å². The lowest BCUT2D eigenvalue weighted by atomic mass is 10.2. The Morgan fingerprint density at radius 3 is 3.00 bits per heavy atom. The van der Waals surface area contributed by atoms with E-state index in [0.29, 0.717) is 0 Å². The van der Waals surface area contributed by atoms with Gasteiger partial charge in [0.15, 0.2) is 4.96 Å². The van der Waals surface area contributed by atoms with Gasteiger partial charge in [-0.1, -0.05) is 30.3 Å². The molecule has 5 nitrogen and oxygen atoms in total. The Hall–Kier alpha value is -2.34. The average molecular weight is 301 g/mol. The number of carbonyl (C=O) groups excluding carboxylic acids is 1. The monoisotopic (exact) mass is 301 g/mol. The number of rotatable bonds is 4. The van der Waals surface area contributed by atoms with Gasteiger partial charge in [0.25, 0.3) is 0 Å². The predicted molar refractivity (Wildman–Crippen MR) is 81.2 cm³/mol. The van der Waals surface area contributed by atoms with E-state index in [2.05, 4.69) is 10.3 Å². The lowest BCUT2D eigenvalue weighted by molar-refractivity contribution is 0.136. The van der Waals surface area contributed by atoms with E-state index in [9.17, 15) is 4.79 Å². The van der Waals surface area contributed by atoms with Crippen LogP contribution in [0.25, 0.3) is 4.96 Å². The summed E-state index contributed by atoms with van der Waals surface area (Å²) in [6, 6.07) is 9.39. The maximum Gasteiger partial charge on any atom is 0.407 e. The quantitative estimate of drug-likeness (QED) is 0.803. The molecule has 0 fully saturated rings. The Kier molecular flexibility index (Phi) is 3.87. The van der Waals surface area contributed by atoms with Crippen LogP contribution in [-0.2, 0) is 11.3 Å². The maximum atomic E-state index is 11.8. The molecule has 0 aliphatic heterocycles. The molecule has 0 radical (unpaired) electrons. The fraction of sp³-hybridized carbons (Fsp3) is 0.200. The first-order valence-corrected chi connectivity index (χ1v) is 7.49. The molecule has 0 bridgehead atoms. The summed E-state index contributed by atoms with van der Waals surface area (Å²) in [5, 5.41) is 4.76. The number of aromatic nitrogens is 2. The van der Waals surface area contributed by atoms with Gasteiger partial charge in [-0.05, 0) is 12.5 Å². The molecule has 1 aromatic carbocycles. The summed E-state index contributed by atoms with van der Waals surface area (Å²) in [5.74, 6) is 0. The lowest BCUT2D eigenvalue weighted by Gasteiger charge is -2.11. The fourth-order valence-corrected chi connectivity index (χ4v) is 2.68. The number of hydrogen-bond donors (Lipinski definition) is 1. The molecule has 0 unspecified atom stereocenters. The molecule has 108 valence electrons. The molecule has 0 saturated heterocycles. The van der Waals surface area contributed by atoms with Gasteiger partial charge in [0, 0.05) is 17.8 Å². The zero-order valence-corrected chi connectivity index (χ0v) is 12.3. The number of imidazole rings is 1. The maximum absolute atomic E-state index is 11.8. The molecule has 0 aliphatic rings. The fourth-order valence-electron chi connectivity index (χ4n) is 1.97. The summed E-state index contributed by atoms with van der Waals surface area (Å²) < 4.78 is 7.13. The average Bonchev–Trinajstić information content (AvgIpc) is 3.07. The number of thiazole rings is 1. The predicted octanol–water partition coefficient (Wildman–Crippen LogP) is 3.38. The number of carbonyl (C=O) groups is 1. The third kappa shape index (κ3) is 3.22. The summed E-state index contributed by atoms with van der Waals surface area (Å²) in [6.07, 6.45) is 3.41. The Bertz CT molecular complexity index is 707. The third-order valence-corrected chi connectivity index (χ3v) is 3.87. The Balaban J connectivity index is 1.55. The molecular weight excluding hydrogens is 286 g/mol. The van der Waals surface area contributed by atoms with Crippen molar-refractivity contribution in [3.63, 3.8) is 0 Å². The van der Waals surface area contributed by atoms with E-state index in [4.69, 9.17) is 4.74 Å². The van der Waals surface area contributed by atoms with Crippen molar-refractivity contribution in [2.75, 3.05) is 0 Å². The van der Waals surface area contributed by atoms with Gasteiger partial charge in [0.1, 0.15) is 6.61 Å². The Morgan fingerprint density at radius 1 is 1.43 bits per heavy atom. The molecule has 0 aliphatic carbocycles. The van der Waals surface area contributed by atoms with E-state index in [1.54, 1.807) is 11.3 Å². The van der Waals surface area contributed by atoms with E-state index in [1.165, 1.54) is 0 Å². The summed E-state index contributed by atoms with van der Waals surface area (Å²) in [7, 11) is 0. The highest BCUT2D eigenvalue weighted by molar-refractivity contribution is 7.15. The van der Waals surface area contributed by atoms with E-state index in [1.807, 2.05) is 59.4 Å². The first kappa shape index (κ1) is 13.6. The smallest absolute Gasteiger partial charge is 0.407 e. The Labute approximate surface area is 126 Å². The van der Waals surface area contributed by atoms with Crippen LogP contribution < -0.4 is 5.32 Å². The van der Waals surface area contributed by atoms with Gasteiger partial charge in [0.2, 0.25) is 0 Å². The van der Waals surface area contributed by atoms with Crippen molar-refractivity contribution in [3.05, 3.63) is 59.4 Å². The molecule has 3 rings (SSSR count). The number of ether oxygens (including phenoxy) is 1. The standard InChI is InChI=1S/C15H15N3O2S/c1-11(13-9-18-7-8-21-14(18)17-13)16-15(19)20-10-12-5-3-2-4-6-12/h2-9,11H,10H2,1H3,(H,16,19)/t11-/m1/s1. The molecule has 1 atom stereocenters. The highest BCUT2D eigenvalue weighted by atomic mass is 32.1. The van der Waals surface area contributed by atoms with Crippen molar-refractivity contribution < 1.29 is 9.53 Å². The summed E-state index contributed by atoms with van der Waals surface area (Å²) in [6.45, 7) is 2.15. The Morgan fingerprint density at radius 2 is 2.24 bits per heavy atom. The normalized spacial score (nSPS) is 12.2. The molecule has 0 spiro atoms. The van der Waals surface area contributed by atoms with Gasteiger partial charge in [-0.2, -0.15) is 0 Å². The molecule has 2 heterocycles. The lowest BCUT2D eigenvalue weighted by Crippen LogP contribution is -2.27. The topological polar surface area (TPSA) is 55.6 Å². The van der Waals surface area contributed by atoms with Gasteiger partial charge in [-0.15, -0.1) is 11.3 Å². The number of benzene rings is 1. The minimum Gasteiger partial charge on any atom is -0.445 e. The van der Waals surface area contributed by atoms with E-state index >= 15 is 0 Å². The highest BCUT2D eigenvalue weighted by Gasteiger charge is 2.14. The molecular formula is C15H15N3O2S. The van der Waals surface area contributed by atoms with Crippen LogP contribution in [0.15, 0.2) is 48.1 Å². The summed E-state index contributed by atoms with van der Waals surface area (Å²) >= 11 is 1.56. The van der Waals surface area contributed by atoms with Crippen molar-refractivity contribution in [2.45, 2.75) is 19.6 Å². The van der Waals surface area contributed by atoms with Gasteiger partial charge >= 0.3 is 6.09 Å². The number of amides is 1. The van der Waals surface area contributed by atoms with Gasteiger partial charge in [-0.25, -0.2) is 9.78 Å². The second-order valence-electron chi connectivity index (χ2n) is 4.69. The largest absolute Gasteiger partial charge is 0.445 e. The zero-order valence-electron chi connectivity index (χ0n) is 11.5. The van der Waals surface area contributed by atoms with E-state index < -0.39 is 6.09 Å². The van der Waals surface area contributed by atoms with Crippen LogP contribution in [0.1, 0.15) is 24.2 Å². The summed E-state index contributed by atoms with van der Waals surface area (Å²) in [5.41, 5.74) is 1.78. The number of nitrogens with one attached hydrogen (secondary N) is 1. The van der Waals surface area contributed by atoms with Crippen molar-refractivity contribution in [3.8, 4) is 0 Å². The first-order valence-electron chi connectivity index (χ1n) is 6.61. The number of nitrogens with zero attached hydrogens (tertiary/aromatic N) is 2. The highest BCUT2D eigenvalue weighted by Crippen LogP contribution is 2.16. The van der Waals surface area contributed by atoms with Crippen molar-refractivity contribution in [1.82, 2.24) is 14.7 Å². The van der Waals surface area contributed by atoms with Crippen LogP contribution in [0.4, 0.5) is 4.79 Å². The van der Waals surface area contributed by atoms with E-state index in [0.717, 1.165) is 16.2 Å². The first-order chi connectivity index (χ1) is 10.2. The number of hydrogen-bond acceptors (Lipinski definition) is 4. The van der Waals surface area contributed by atoms with Gasteiger partial charge in [0.05, 0.1) is 11.7 Å². The van der Waals surface area contributed by atoms with Crippen LogP contribution in [0.3, 0.4) is 0 Å².